The predicted molar refractivity (Wildman–Crippen MR) is 28.8 cm³/mol. The van der Waals surface area contributed by atoms with Crippen LogP contribution in [0.25, 0.3) is 0 Å². The van der Waals surface area contributed by atoms with Crippen LogP contribution >= 0.6 is 0 Å². The molecule has 0 aliphatic rings. The molecule has 0 fully saturated rings. The summed E-state index contributed by atoms with van der Waals surface area (Å²) in [6.45, 7) is 0. The van der Waals surface area contributed by atoms with E-state index in [2.05, 4.69) is 10.2 Å². The second-order valence-electron chi connectivity index (χ2n) is 1.31. The minimum atomic E-state index is -0.301. The van der Waals surface area contributed by atoms with Crippen LogP contribution < -0.4 is 40.7 Å². The first kappa shape index (κ1) is 8.68. The number of aromatic amines is 2. The molecule has 0 amide bonds. The Kier molecular flexibility index (Phi) is 3.53. The van der Waals surface area contributed by atoms with Crippen molar-refractivity contribution >= 4 is 0 Å². The van der Waals surface area contributed by atoms with Gasteiger partial charge in [-0.25, -0.2) is 0 Å². The number of hydrogen-bond donors (Lipinski definition) is 2. The number of aromatic nitrogens is 2. The van der Waals surface area contributed by atoms with E-state index in [1.165, 1.54) is 12.1 Å². The molecule has 2 N–H and O–H groups in total. The first-order valence-corrected chi connectivity index (χ1v) is 2.07. The van der Waals surface area contributed by atoms with E-state index in [-0.39, 0.29) is 42.1 Å². The molecular weight excluding hydrogens is 131 g/mol. The van der Waals surface area contributed by atoms with E-state index in [1.54, 1.807) is 0 Å². The molecule has 9 heavy (non-hydrogen) atoms. The molecule has 0 radical (unpaired) electrons. The van der Waals surface area contributed by atoms with Crippen molar-refractivity contribution in [1.82, 2.24) is 10.2 Å². The molecule has 1 aromatic heterocycles. The van der Waals surface area contributed by atoms with Gasteiger partial charge in [-0.15, -0.1) is 0 Å². The van der Waals surface area contributed by atoms with E-state index < -0.39 is 0 Å². The van der Waals surface area contributed by atoms with Gasteiger partial charge in [0.2, 0.25) is 0 Å². The molecule has 0 aromatic carbocycles. The Bertz CT molecular complexity index is 229. The molecule has 0 atom stereocenters. The Balaban J connectivity index is 0. The SMILES string of the molecule is O=c1ccc(=O)[nH][nH]1.[H-].[Na+]. The summed E-state index contributed by atoms with van der Waals surface area (Å²) in [5.74, 6) is 0. The predicted octanol–water partition coefficient (Wildman–Crippen LogP) is -3.82. The molecule has 1 rings (SSSR count). The fourth-order valence-corrected chi connectivity index (χ4v) is 0.358. The standard InChI is InChI=1S/C4H4N2O2.Na.H/c7-3-1-2-4(8)6-5-3;;/h1-2H,(H,5,7)(H,6,8);;/q;+1;-1. The fourth-order valence-electron chi connectivity index (χ4n) is 0.358. The van der Waals surface area contributed by atoms with E-state index >= 15 is 0 Å². The van der Waals surface area contributed by atoms with Gasteiger partial charge in [0, 0.05) is 12.1 Å². The summed E-state index contributed by atoms with van der Waals surface area (Å²) in [7, 11) is 0. The third-order valence-electron chi connectivity index (χ3n) is 0.695. The summed E-state index contributed by atoms with van der Waals surface area (Å²) < 4.78 is 0. The van der Waals surface area contributed by atoms with Crippen LogP contribution in [0.3, 0.4) is 0 Å². The fraction of sp³-hybridized carbons (Fsp3) is 0. The molecule has 0 saturated carbocycles. The summed E-state index contributed by atoms with van der Waals surface area (Å²) in [5.41, 5.74) is -0.603. The molecule has 1 aromatic rings. The van der Waals surface area contributed by atoms with Gasteiger partial charge in [0.05, 0.1) is 0 Å². The van der Waals surface area contributed by atoms with Crippen molar-refractivity contribution in [3.8, 4) is 0 Å². The molecule has 0 aliphatic carbocycles. The van der Waals surface area contributed by atoms with Crippen molar-refractivity contribution in [2.75, 3.05) is 0 Å². The molecule has 0 spiro atoms. The Morgan fingerprint density at radius 2 is 1.44 bits per heavy atom. The molecule has 44 valence electrons. The van der Waals surface area contributed by atoms with Crippen LogP contribution in [0.2, 0.25) is 0 Å². The van der Waals surface area contributed by atoms with Gasteiger partial charge in [0.1, 0.15) is 0 Å². The minimum Gasteiger partial charge on any atom is -1.00 e. The third kappa shape index (κ3) is 2.64. The first-order chi connectivity index (χ1) is 3.79. The van der Waals surface area contributed by atoms with Gasteiger partial charge >= 0.3 is 29.6 Å². The molecule has 0 saturated heterocycles. The van der Waals surface area contributed by atoms with Crippen LogP contribution in [0.1, 0.15) is 1.43 Å². The Hall–Kier alpha value is -0.320. The van der Waals surface area contributed by atoms with Gasteiger partial charge in [-0.2, -0.15) is 0 Å². The van der Waals surface area contributed by atoms with E-state index in [4.69, 9.17) is 0 Å². The van der Waals surface area contributed by atoms with E-state index in [0.29, 0.717) is 0 Å². The first-order valence-electron chi connectivity index (χ1n) is 2.07. The maximum absolute atomic E-state index is 10.2. The average Bonchev–Trinajstić information content (AvgIpc) is 1.77. The van der Waals surface area contributed by atoms with Gasteiger partial charge in [0.15, 0.2) is 0 Å². The van der Waals surface area contributed by atoms with E-state index in [9.17, 15) is 9.59 Å². The van der Waals surface area contributed by atoms with Crippen molar-refractivity contribution in [3.63, 3.8) is 0 Å². The van der Waals surface area contributed by atoms with Gasteiger partial charge in [-0.1, -0.05) is 0 Å². The summed E-state index contributed by atoms with van der Waals surface area (Å²) in [5, 5.41) is 4.21. The zero-order chi connectivity index (χ0) is 5.98. The average molecular weight is 136 g/mol. The van der Waals surface area contributed by atoms with Crippen LogP contribution in [0.4, 0.5) is 0 Å². The quantitative estimate of drug-likeness (QED) is 0.359. The molecule has 0 bridgehead atoms. The van der Waals surface area contributed by atoms with Crippen LogP contribution in [-0.2, 0) is 0 Å². The molecule has 0 aliphatic heterocycles. The number of rotatable bonds is 0. The third-order valence-corrected chi connectivity index (χ3v) is 0.695. The summed E-state index contributed by atoms with van der Waals surface area (Å²) in [6, 6.07) is 2.33. The van der Waals surface area contributed by atoms with Gasteiger partial charge in [-0.3, -0.25) is 19.8 Å². The number of nitrogens with one attached hydrogen (secondary N) is 2. The van der Waals surface area contributed by atoms with Crippen molar-refractivity contribution in [3.05, 3.63) is 32.8 Å². The Morgan fingerprint density at radius 3 is 1.67 bits per heavy atom. The van der Waals surface area contributed by atoms with E-state index in [1.807, 2.05) is 0 Å². The maximum atomic E-state index is 10.2. The van der Waals surface area contributed by atoms with Gasteiger partial charge in [0.25, 0.3) is 11.1 Å². The van der Waals surface area contributed by atoms with Crippen molar-refractivity contribution < 1.29 is 31.0 Å². The Labute approximate surface area is 74.1 Å². The largest absolute Gasteiger partial charge is 1.00 e. The normalized spacial score (nSPS) is 8.00. The maximum Gasteiger partial charge on any atom is 1.00 e. The molecular formula is C4H5N2NaO2. The van der Waals surface area contributed by atoms with Crippen molar-refractivity contribution in [2.45, 2.75) is 0 Å². The van der Waals surface area contributed by atoms with Crippen LogP contribution in [-0.4, -0.2) is 10.2 Å². The summed E-state index contributed by atoms with van der Waals surface area (Å²) in [6.07, 6.45) is 0. The topological polar surface area (TPSA) is 65.7 Å². The van der Waals surface area contributed by atoms with Gasteiger partial charge < -0.3 is 1.43 Å². The second-order valence-corrected chi connectivity index (χ2v) is 1.31. The van der Waals surface area contributed by atoms with Crippen LogP contribution in [0.15, 0.2) is 21.7 Å². The zero-order valence-electron chi connectivity index (χ0n) is 5.97. The summed E-state index contributed by atoms with van der Waals surface area (Å²) >= 11 is 0. The monoisotopic (exact) mass is 136 g/mol. The number of H-pyrrole nitrogens is 2. The number of hydrogen-bond acceptors (Lipinski definition) is 2. The second kappa shape index (κ2) is 3.66. The van der Waals surface area contributed by atoms with E-state index in [0.717, 1.165) is 0 Å². The van der Waals surface area contributed by atoms with Crippen LogP contribution in [0.5, 0.6) is 0 Å². The minimum absolute atomic E-state index is 0. The van der Waals surface area contributed by atoms with Gasteiger partial charge in [-0.05, 0) is 0 Å². The smallest absolute Gasteiger partial charge is 1.00 e. The van der Waals surface area contributed by atoms with Crippen molar-refractivity contribution in [1.29, 1.82) is 0 Å². The Morgan fingerprint density at radius 1 is 1.11 bits per heavy atom. The van der Waals surface area contributed by atoms with Crippen molar-refractivity contribution in [2.24, 2.45) is 0 Å². The zero-order valence-corrected chi connectivity index (χ0v) is 6.97. The molecule has 5 heteroatoms. The molecule has 1 heterocycles. The summed E-state index contributed by atoms with van der Waals surface area (Å²) in [4.78, 5) is 20.4. The molecule has 4 nitrogen and oxygen atoms in total. The molecule has 0 unspecified atom stereocenters. The van der Waals surface area contributed by atoms with Crippen LogP contribution in [0, 0.1) is 0 Å².